The van der Waals surface area contributed by atoms with Crippen molar-refractivity contribution in [3.63, 3.8) is 0 Å². The van der Waals surface area contributed by atoms with Crippen LogP contribution in [0.5, 0.6) is 0 Å². The van der Waals surface area contributed by atoms with Crippen LogP contribution in [-0.4, -0.2) is 38.3 Å². The molecule has 1 aliphatic rings. The number of methoxy groups -OCH3 is 1. The Morgan fingerprint density at radius 2 is 2.29 bits per heavy atom. The van der Waals surface area contributed by atoms with Crippen LogP contribution in [0.1, 0.15) is 28.8 Å². The third-order valence-electron chi connectivity index (χ3n) is 3.76. The summed E-state index contributed by atoms with van der Waals surface area (Å²) < 4.78 is 18.4. The van der Waals surface area contributed by atoms with Gasteiger partial charge in [0.2, 0.25) is 0 Å². The molecule has 1 saturated heterocycles. The van der Waals surface area contributed by atoms with Gasteiger partial charge < -0.3 is 15.4 Å². The molecular weight excluding hydrogens is 295 g/mol. The van der Waals surface area contributed by atoms with Crippen LogP contribution < -0.4 is 10.6 Å². The average Bonchev–Trinajstić information content (AvgIpc) is 2.89. The van der Waals surface area contributed by atoms with E-state index < -0.39 is 0 Å². The molecule has 0 saturated carbocycles. The highest BCUT2D eigenvalue weighted by molar-refractivity contribution is 5.94. The van der Waals surface area contributed by atoms with Crippen LogP contribution >= 0.6 is 12.4 Å². The Kier molecular flexibility index (Phi) is 6.58. The Balaban J connectivity index is 0.00000220. The van der Waals surface area contributed by atoms with Crippen LogP contribution in [-0.2, 0) is 4.74 Å². The van der Waals surface area contributed by atoms with Crippen LogP contribution in [0.3, 0.4) is 0 Å². The van der Waals surface area contributed by atoms with Crippen LogP contribution in [0.2, 0.25) is 0 Å². The lowest BCUT2D eigenvalue weighted by Crippen LogP contribution is -2.53. The predicted octanol–water partition coefficient (Wildman–Crippen LogP) is 2.05. The van der Waals surface area contributed by atoms with Crippen molar-refractivity contribution in [3.05, 3.63) is 35.1 Å². The Hall–Kier alpha value is -1.17. The standard InChI is InChI=1S/C15H21FN2O2.ClH/c1-11-8-12(4-5-13(11)16)14(19)17-9-15(10-20-2)6-3-7-18-15;/h4-5,8,18H,3,6-7,9-10H2,1-2H3,(H,17,19);1H. The van der Waals surface area contributed by atoms with E-state index in [2.05, 4.69) is 10.6 Å². The number of hydrogen-bond donors (Lipinski definition) is 2. The molecule has 0 spiro atoms. The second-order valence-corrected chi connectivity index (χ2v) is 5.39. The van der Waals surface area contributed by atoms with Crippen LogP contribution in [0.4, 0.5) is 4.39 Å². The van der Waals surface area contributed by atoms with Crippen LogP contribution in [0.15, 0.2) is 18.2 Å². The summed E-state index contributed by atoms with van der Waals surface area (Å²) in [5.41, 5.74) is 0.775. The Morgan fingerprint density at radius 3 is 2.86 bits per heavy atom. The summed E-state index contributed by atoms with van der Waals surface area (Å²) in [6.07, 6.45) is 2.05. The molecule has 0 aliphatic carbocycles. The minimum Gasteiger partial charge on any atom is -0.383 e. The van der Waals surface area contributed by atoms with Gasteiger partial charge in [0, 0.05) is 19.2 Å². The van der Waals surface area contributed by atoms with E-state index in [1.165, 1.54) is 12.1 Å². The monoisotopic (exact) mass is 316 g/mol. The molecule has 0 radical (unpaired) electrons. The van der Waals surface area contributed by atoms with Gasteiger partial charge >= 0.3 is 0 Å². The average molecular weight is 317 g/mol. The number of aryl methyl sites for hydroxylation is 1. The summed E-state index contributed by atoms with van der Waals surface area (Å²) in [6, 6.07) is 4.39. The fourth-order valence-electron chi connectivity index (χ4n) is 2.61. The van der Waals surface area contributed by atoms with E-state index in [0.717, 1.165) is 19.4 Å². The highest BCUT2D eigenvalue weighted by atomic mass is 35.5. The van der Waals surface area contributed by atoms with Gasteiger partial charge in [0.15, 0.2) is 0 Å². The largest absolute Gasteiger partial charge is 0.383 e. The minimum atomic E-state index is -0.296. The summed E-state index contributed by atoms with van der Waals surface area (Å²) in [5, 5.41) is 6.31. The number of benzene rings is 1. The third-order valence-corrected chi connectivity index (χ3v) is 3.76. The van der Waals surface area contributed by atoms with E-state index in [9.17, 15) is 9.18 Å². The predicted molar refractivity (Wildman–Crippen MR) is 82.6 cm³/mol. The molecule has 1 heterocycles. The van der Waals surface area contributed by atoms with Gasteiger partial charge in [-0.15, -0.1) is 12.4 Å². The van der Waals surface area contributed by atoms with E-state index in [-0.39, 0.29) is 29.7 Å². The van der Waals surface area contributed by atoms with E-state index in [0.29, 0.717) is 24.3 Å². The zero-order valence-corrected chi connectivity index (χ0v) is 13.2. The van der Waals surface area contributed by atoms with E-state index in [1.807, 2.05) is 0 Å². The second kappa shape index (κ2) is 7.73. The van der Waals surface area contributed by atoms with Gasteiger partial charge in [0.25, 0.3) is 5.91 Å². The number of nitrogens with one attached hydrogen (secondary N) is 2. The molecule has 1 atom stereocenters. The molecule has 2 rings (SSSR count). The Labute approximate surface area is 130 Å². The maximum atomic E-state index is 13.2. The summed E-state index contributed by atoms with van der Waals surface area (Å²) in [4.78, 5) is 12.1. The number of amides is 1. The first kappa shape index (κ1) is 17.9. The van der Waals surface area contributed by atoms with Crippen molar-refractivity contribution in [1.82, 2.24) is 10.6 Å². The quantitative estimate of drug-likeness (QED) is 0.874. The first-order valence-corrected chi connectivity index (χ1v) is 6.85. The lowest BCUT2D eigenvalue weighted by molar-refractivity contribution is 0.0892. The second-order valence-electron chi connectivity index (χ2n) is 5.39. The van der Waals surface area contributed by atoms with Gasteiger partial charge in [-0.3, -0.25) is 4.79 Å². The number of carbonyl (C=O) groups excluding carboxylic acids is 1. The molecule has 0 bridgehead atoms. The number of halogens is 2. The van der Waals surface area contributed by atoms with Crippen LogP contribution in [0.25, 0.3) is 0 Å². The Bertz CT molecular complexity index is 491. The Morgan fingerprint density at radius 1 is 1.52 bits per heavy atom. The molecular formula is C15H22ClFN2O2. The normalized spacial score (nSPS) is 20.9. The number of carbonyl (C=O) groups is 1. The summed E-state index contributed by atoms with van der Waals surface area (Å²) >= 11 is 0. The molecule has 118 valence electrons. The zero-order chi connectivity index (χ0) is 14.6. The number of rotatable bonds is 5. The van der Waals surface area contributed by atoms with Crippen molar-refractivity contribution >= 4 is 18.3 Å². The minimum absolute atomic E-state index is 0. The van der Waals surface area contributed by atoms with E-state index in [4.69, 9.17) is 4.74 Å². The van der Waals surface area contributed by atoms with Gasteiger partial charge in [0.05, 0.1) is 12.1 Å². The maximum absolute atomic E-state index is 13.2. The van der Waals surface area contributed by atoms with Gasteiger partial charge in [0.1, 0.15) is 5.82 Å². The van der Waals surface area contributed by atoms with Crippen molar-refractivity contribution in [2.24, 2.45) is 0 Å². The lowest BCUT2D eigenvalue weighted by Gasteiger charge is -2.29. The molecule has 1 fully saturated rings. The molecule has 1 aromatic rings. The SMILES string of the molecule is COCC1(CNC(=O)c2ccc(F)c(C)c2)CCCN1.Cl. The molecule has 1 amide bonds. The summed E-state index contributed by atoms with van der Waals surface area (Å²) in [7, 11) is 1.66. The molecule has 1 aromatic carbocycles. The molecule has 4 nitrogen and oxygen atoms in total. The first-order chi connectivity index (χ1) is 9.56. The smallest absolute Gasteiger partial charge is 0.251 e. The highest BCUT2D eigenvalue weighted by Gasteiger charge is 2.33. The topological polar surface area (TPSA) is 50.4 Å². The number of ether oxygens (including phenoxy) is 1. The van der Waals surface area contributed by atoms with Crippen molar-refractivity contribution in [2.75, 3.05) is 26.8 Å². The summed E-state index contributed by atoms with van der Waals surface area (Å²) in [6.45, 7) is 3.66. The zero-order valence-electron chi connectivity index (χ0n) is 12.4. The van der Waals surface area contributed by atoms with E-state index >= 15 is 0 Å². The fraction of sp³-hybridized carbons (Fsp3) is 0.533. The third kappa shape index (κ3) is 4.40. The van der Waals surface area contributed by atoms with E-state index in [1.54, 1.807) is 20.1 Å². The van der Waals surface area contributed by atoms with Crippen molar-refractivity contribution < 1.29 is 13.9 Å². The van der Waals surface area contributed by atoms with Gasteiger partial charge in [-0.25, -0.2) is 4.39 Å². The fourth-order valence-corrected chi connectivity index (χ4v) is 2.61. The molecule has 6 heteroatoms. The van der Waals surface area contributed by atoms with Gasteiger partial charge in [-0.2, -0.15) is 0 Å². The van der Waals surface area contributed by atoms with Crippen molar-refractivity contribution in [2.45, 2.75) is 25.3 Å². The molecule has 1 aliphatic heterocycles. The van der Waals surface area contributed by atoms with Gasteiger partial charge in [-0.05, 0) is 50.1 Å². The first-order valence-electron chi connectivity index (χ1n) is 6.85. The van der Waals surface area contributed by atoms with Gasteiger partial charge in [-0.1, -0.05) is 0 Å². The number of hydrogen-bond acceptors (Lipinski definition) is 3. The van der Waals surface area contributed by atoms with Crippen molar-refractivity contribution in [1.29, 1.82) is 0 Å². The lowest BCUT2D eigenvalue weighted by atomic mass is 9.98. The maximum Gasteiger partial charge on any atom is 0.251 e. The molecule has 0 aromatic heterocycles. The molecule has 1 unspecified atom stereocenters. The van der Waals surface area contributed by atoms with Crippen LogP contribution in [0, 0.1) is 12.7 Å². The van der Waals surface area contributed by atoms with Crippen molar-refractivity contribution in [3.8, 4) is 0 Å². The highest BCUT2D eigenvalue weighted by Crippen LogP contribution is 2.19. The molecule has 21 heavy (non-hydrogen) atoms. The summed E-state index contributed by atoms with van der Waals surface area (Å²) in [5.74, 6) is -0.479. The molecule has 2 N–H and O–H groups in total.